The van der Waals surface area contributed by atoms with E-state index in [1.54, 1.807) is 26.2 Å². The van der Waals surface area contributed by atoms with Gasteiger partial charge in [-0.1, -0.05) is 17.4 Å². The van der Waals surface area contributed by atoms with Crippen molar-refractivity contribution in [3.05, 3.63) is 39.3 Å². The summed E-state index contributed by atoms with van der Waals surface area (Å²) in [7, 11) is 1.56. The molecule has 1 N–H and O–H groups in total. The van der Waals surface area contributed by atoms with Crippen LogP contribution >= 0.6 is 11.3 Å². The van der Waals surface area contributed by atoms with Gasteiger partial charge in [0.1, 0.15) is 18.2 Å². The number of ether oxygens (including phenoxy) is 1. The number of carbonyl (C=O) groups is 1. The van der Waals surface area contributed by atoms with E-state index >= 15 is 0 Å². The Hall–Kier alpha value is -2.06. The number of aromatic nitrogens is 3. The van der Waals surface area contributed by atoms with Crippen LogP contribution in [0.4, 0.5) is 5.13 Å². The normalized spacial score (nSPS) is 10.5. The standard InChI is InChI=1S/C12H14N4O3S/c1-8-4-3-5-11(18)16(8)6-9(17)13-12-15-14-10(20-12)7-19-2/h3-5H,6-7H2,1-2H3,(H,13,15,17). The quantitative estimate of drug-likeness (QED) is 0.881. The van der Waals surface area contributed by atoms with E-state index in [-0.39, 0.29) is 18.0 Å². The molecule has 0 atom stereocenters. The summed E-state index contributed by atoms with van der Waals surface area (Å²) in [4.78, 5) is 23.5. The molecular weight excluding hydrogens is 280 g/mol. The number of rotatable bonds is 5. The van der Waals surface area contributed by atoms with Gasteiger partial charge in [0.2, 0.25) is 11.0 Å². The molecule has 0 unspecified atom stereocenters. The summed E-state index contributed by atoms with van der Waals surface area (Å²) in [5.41, 5.74) is 0.516. The van der Waals surface area contributed by atoms with Crippen molar-refractivity contribution < 1.29 is 9.53 Å². The highest BCUT2D eigenvalue weighted by molar-refractivity contribution is 7.15. The van der Waals surface area contributed by atoms with Gasteiger partial charge in [0.15, 0.2) is 0 Å². The van der Waals surface area contributed by atoms with Crippen LogP contribution in [0, 0.1) is 6.92 Å². The van der Waals surface area contributed by atoms with E-state index in [0.717, 1.165) is 5.69 Å². The molecule has 0 spiro atoms. The molecule has 0 radical (unpaired) electrons. The third-order valence-electron chi connectivity index (χ3n) is 2.55. The summed E-state index contributed by atoms with van der Waals surface area (Å²) in [5.74, 6) is -0.318. The monoisotopic (exact) mass is 294 g/mol. The number of carbonyl (C=O) groups excluding carboxylic acids is 1. The first kappa shape index (κ1) is 14.4. The van der Waals surface area contributed by atoms with Gasteiger partial charge in [0.25, 0.3) is 5.56 Å². The van der Waals surface area contributed by atoms with Crippen LogP contribution < -0.4 is 10.9 Å². The number of nitrogens with one attached hydrogen (secondary N) is 1. The van der Waals surface area contributed by atoms with Gasteiger partial charge in [-0.05, 0) is 13.0 Å². The molecule has 20 heavy (non-hydrogen) atoms. The molecule has 8 heteroatoms. The summed E-state index contributed by atoms with van der Waals surface area (Å²) in [5, 5.41) is 11.4. The number of hydrogen-bond acceptors (Lipinski definition) is 6. The Morgan fingerprint density at radius 3 is 2.95 bits per heavy atom. The maximum absolute atomic E-state index is 11.9. The van der Waals surface area contributed by atoms with Gasteiger partial charge in [-0.3, -0.25) is 14.9 Å². The highest BCUT2D eigenvalue weighted by Crippen LogP contribution is 2.15. The second kappa shape index (κ2) is 6.40. The average Bonchev–Trinajstić information content (AvgIpc) is 2.82. The van der Waals surface area contributed by atoms with Crippen LogP contribution in [0.3, 0.4) is 0 Å². The highest BCUT2D eigenvalue weighted by Gasteiger charge is 2.10. The minimum atomic E-state index is -0.318. The van der Waals surface area contributed by atoms with E-state index in [0.29, 0.717) is 16.7 Å². The molecule has 2 aromatic rings. The predicted molar refractivity (Wildman–Crippen MR) is 74.7 cm³/mol. The molecule has 1 amide bonds. The molecule has 2 rings (SSSR count). The summed E-state index contributed by atoms with van der Waals surface area (Å²) in [6.45, 7) is 2.08. The molecule has 0 saturated heterocycles. The smallest absolute Gasteiger partial charge is 0.251 e. The van der Waals surface area contributed by atoms with Crippen LogP contribution in [0.25, 0.3) is 0 Å². The fourth-order valence-corrected chi connectivity index (χ4v) is 2.34. The number of methoxy groups -OCH3 is 1. The average molecular weight is 294 g/mol. The van der Waals surface area contributed by atoms with Crippen LogP contribution in [0.15, 0.2) is 23.0 Å². The van der Waals surface area contributed by atoms with E-state index in [9.17, 15) is 9.59 Å². The van der Waals surface area contributed by atoms with E-state index in [2.05, 4.69) is 15.5 Å². The third-order valence-corrected chi connectivity index (χ3v) is 3.36. The van der Waals surface area contributed by atoms with Crippen molar-refractivity contribution in [2.45, 2.75) is 20.1 Å². The Morgan fingerprint density at radius 2 is 2.25 bits per heavy atom. The molecule has 0 fully saturated rings. The Kier molecular flexibility index (Phi) is 4.59. The largest absolute Gasteiger partial charge is 0.377 e. The Balaban J connectivity index is 2.03. The molecular formula is C12H14N4O3S. The van der Waals surface area contributed by atoms with Crippen LogP contribution in [-0.4, -0.2) is 27.8 Å². The lowest BCUT2D eigenvalue weighted by atomic mass is 10.3. The van der Waals surface area contributed by atoms with Crippen LogP contribution in [0.2, 0.25) is 0 Å². The lowest BCUT2D eigenvalue weighted by molar-refractivity contribution is -0.116. The zero-order chi connectivity index (χ0) is 14.5. The minimum Gasteiger partial charge on any atom is -0.377 e. The molecule has 0 aliphatic carbocycles. The van der Waals surface area contributed by atoms with Crippen molar-refractivity contribution in [1.29, 1.82) is 0 Å². The summed E-state index contributed by atoms with van der Waals surface area (Å²) < 4.78 is 6.32. The highest BCUT2D eigenvalue weighted by atomic mass is 32.1. The van der Waals surface area contributed by atoms with Gasteiger partial charge in [0.05, 0.1) is 0 Å². The molecule has 0 aliphatic rings. The second-order valence-corrected chi connectivity index (χ2v) is 5.14. The minimum absolute atomic E-state index is 0.0509. The number of amides is 1. The molecule has 0 aliphatic heterocycles. The lowest BCUT2D eigenvalue weighted by Crippen LogP contribution is -2.28. The van der Waals surface area contributed by atoms with E-state index < -0.39 is 0 Å². The number of hydrogen-bond donors (Lipinski definition) is 1. The number of nitrogens with zero attached hydrogens (tertiary/aromatic N) is 3. The summed E-state index contributed by atoms with van der Waals surface area (Å²) >= 11 is 1.24. The first-order chi connectivity index (χ1) is 9.60. The SMILES string of the molecule is COCc1nnc(NC(=O)Cn2c(C)cccc2=O)s1. The fraction of sp³-hybridized carbons (Fsp3) is 0.333. The van der Waals surface area contributed by atoms with Crippen molar-refractivity contribution in [1.82, 2.24) is 14.8 Å². The molecule has 0 aromatic carbocycles. The Morgan fingerprint density at radius 1 is 1.45 bits per heavy atom. The number of pyridine rings is 1. The van der Waals surface area contributed by atoms with Crippen LogP contribution in [0.1, 0.15) is 10.7 Å². The van der Waals surface area contributed by atoms with Crippen molar-refractivity contribution >= 4 is 22.4 Å². The number of aryl methyl sites for hydroxylation is 1. The van der Waals surface area contributed by atoms with E-state index in [1.165, 1.54) is 22.0 Å². The van der Waals surface area contributed by atoms with E-state index in [1.807, 2.05) is 0 Å². The van der Waals surface area contributed by atoms with Crippen molar-refractivity contribution in [2.24, 2.45) is 0 Å². The zero-order valence-corrected chi connectivity index (χ0v) is 11.9. The maximum Gasteiger partial charge on any atom is 0.251 e. The first-order valence-electron chi connectivity index (χ1n) is 5.88. The van der Waals surface area contributed by atoms with Crippen LogP contribution in [0.5, 0.6) is 0 Å². The molecule has 2 heterocycles. The molecule has 0 saturated carbocycles. The van der Waals surface area contributed by atoms with Gasteiger partial charge < -0.3 is 9.30 Å². The van der Waals surface area contributed by atoms with Crippen molar-refractivity contribution in [2.75, 3.05) is 12.4 Å². The van der Waals surface area contributed by atoms with Gasteiger partial charge in [-0.2, -0.15) is 0 Å². The topological polar surface area (TPSA) is 86.1 Å². The first-order valence-corrected chi connectivity index (χ1v) is 6.69. The van der Waals surface area contributed by atoms with Crippen molar-refractivity contribution in [3.63, 3.8) is 0 Å². The molecule has 106 valence electrons. The second-order valence-electron chi connectivity index (χ2n) is 4.07. The predicted octanol–water partition coefficient (Wildman–Crippen LogP) is 0.793. The molecule has 2 aromatic heterocycles. The van der Waals surface area contributed by atoms with Gasteiger partial charge in [-0.15, -0.1) is 10.2 Å². The maximum atomic E-state index is 11.9. The Labute approximate surface area is 119 Å². The third kappa shape index (κ3) is 3.49. The van der Waals surface area contributed by atoms with Gasteiger partial charge in [0, 0.05) is 18.9 Å². The van der Waals surface area contributed by atoms with Gasteiger partial charge >= 0.3 is 0 Å². The van der Waals surface area contributed by atoms with Crippen LogP contribution in [-0.2, 0) is 22.7 Å². The Bertz CT molecular complexity index is 665. The summed E-state index contributed by atoms with van der Waals surface area (Å²) in [6.07, 6.45) is 0. The fourth-order valence-electron chi connectivity index (χ4n) is 1.61. The summed E-state index contributed by atoms with van der Waals surface area (Å²) in [6, 6.07) is 4.85. The molecule has 7 nitrogen and oxygen atoms in total. The number of anilines is 1. The van der Waals surface area contributed by atoms with E-state index in [4.69, 9.17) is 4.74 Å². The van der Waals surface area contributed by atoms with Gasteiger partial charge in [-0.25, -0.2) is 0 Å². The zero-order valence-electron chi connectivity index (χ0n) is 11.1. The lowest BCUT2D eigenvalue weighted by Gasteiger charge is -2.08. The van der Waals surface area contributed by atoms with Crippen molar-refractivity contribution in [3.8, 4) is 0 Å². The molecule has 0 bridgehead atoms.